The van der Waals surface area contributed by atoms with Crippen molar-refractivity contribution in [3.05, 3.63) is 71.4 Å². The number of halogens is 7. The Kier molecular flexibility index (Phi) is 11.8. The number of hydrogen-bond acceptors (Lipinski definition) is 10. The third kappa shape index (κ3) is 10.5. The van der Waals surface area contributed by atoms with E-state index in [4.69, 9.17) is 23.7 Å². The molecule has 12 nitrogen and oxygen atoms in total. The van der Waals surface area contributed by atoms with Gasteiger partial charge in [-0.2, -0.15) is 23.1 Å². The molecule has 270 valence electrons. The van der Waals surface area contributed by atoms with Gasteiger partial charge in [0, 0.05) is 29.8 Å². The number of amides is 1. The van der Waals surface area contributed by atoms with E-state index >= 15 is 0 Å². The Hall–Kier alpha value is -5.07. The van der Waals surface area contributed by atoms with Gasteiger partial charge in [-0.15, -0.1) is 0 Å². The van der Waals surface area contributed by atoms with Gasteiger partial charge in [-0.05, 0) is 77.3 Å². The fraction of sp³-hybridized carbons (Fsp3) is 0.419. The monoisotopic (exact) mass is 716 g/mol. The Labute approximate surface area is 279 Å². The highest BCUT2D eigenvalue weighted by molar-refractivity contribution is 5.73. The van der Waals surface area contributed by atoms with Gasteiger partial charge in [0.25, 0.3) is 0 Å². The number of carboxylic acids is 1. The number of aliphatic carboxylic acids is 1. The Balaban J connectivity index is 0.000000196. The minimum atomic E-state index is -5.08. The molecular weight excluding hydrogens is 685 g/mol. The fourth-order valence-corrected chi connectivity index (χ4v) is 4.81. The Morgan fingerprint density at radius 1 is 0.820 bits per heavy atom. The summed E-state index contributed by atoms with van der Waals surface area (Å²) in [6.45, 7) is 6.81. The Morgan fingerprint density at radius 2 is 1.30 bits per heavy atom. The van der Waals surface area contributed by atoms with Crippen molar-refractivity contribution < 1.29 is 59.2 Å². The molecule has 50 heavy (non-hydrogen) atoms. The van der Waals surface area contributed by atoms with Gasteiger partial charge in [0.2, 0.25) is 23.4 Å². The van der Waals surface area contributed by atoms with Gasteiger partial charge in [0.1, 0.15) is 34.9 Å². The number of hydrogen-bond donors (Lipinski definition) is 2. The predicted molar refractivity (Wildman–Crippen MR) is 158 cm³/mol. The number of carbonyl (C=O) groups excluding carboxylic acids is 1. The molecule has 0 saturated carbocycles. The van der Waals surface area contributed by atoms with E-state index in [9.17, 15) is 35.5 Å². The lowest BCUT2D eigenvalue weighted by molar-refractivity contribution is -0.192. The van der Waals surface area contributed by atoms with E-state index in [0.29, 0.717) is 18.9 Å². The molecule has 2 aromatic heterocycles. The SMILES string of the molecule is CC(C)(C)OC(=O)N1CCC[C@H]1c1nc(-c2cc(F)cc(F)c2)no1.Fc1cc(F)cc(-c2noc([C@@H]3CCCN3)n2)c1.O=C(O)C(F)(F)F. The van der Waals surface area contributed by atoms with E-state index in [1.807, 2.05) is 0 Å². The van der Waals surface area contributed by atoms with Gasteiger partial charge in [-0.3, -0.25) is 4.90 Å². The van der Waals surface area contributed by atoms with Crippen molar-refractivity contribution >= 4 is 12.1 Å². The second kappa shape index (κ2) is 15.6. The second-order valence-corrected chi connectivity index (χ2v) is 12.0. The third-order valence-electron chi connectivity index (χ3n) is 6.89. The molecule has 0 unspecified atom stereocenters. The maximum Gasteiger partial charge on any atom is 0.490 e. The van der Waals surface area contributed by atoms with Crippen molar-refractivity contribution in [2.45, 2.75) is 70.3 Å². The first-order valence-corrected chi connectivity index (χ1v) is 15.0. The van der Waals surface area contributed by atoms with Crippen LogP contribution in [0.1, 0.15) is 70.3 Å². The lowest BCUT2D eigenvalue weighted by Crippen LogP contribution is -2.36. The highest BCUT2D eigenvalue weighted by Crippen LogP contribution is 2.33. The molecule has 4 aromatic rings. The van der Waals surface area contributed by atoms with Crippen molar-refractivity contribution in [2.24, 2.45) is 0 Å². The van der Waals surface area contributed by atoms with Gasteiger partial charge in [0.05, 0.1) is 6.04 Å². The van der Waals surface area contributed by atoms with Gasteiger partial charge >= 0.3 is 18.2 Å². The molecule has 2 aromatic carbocycles. The zero-order valence-corrected chi connectivity index (χ0v) is 26.7. The van der Waals surface area contributed by atoms with Crippen LogP contribution >= 0.6 is 0 Å². The molecule has 0 aliphatic carbocycles. The molecule has 2 saturated heterocycles. The van der Waals surface area contributed by atoms with Crippen LogP contribution in [-0.2, 0) is 9.53 Å². The van der Waals surface area contributed by atoms with Crippen LogP contribution in [0.4, 0.5) is 35.5 Å². The third-order valence-corrected chi connectivity index (χ3v) is 6.89. The normalized spacial score (nSPS) is 17.4. The van der Waals surface area contributed by atoms with E-state index in [1.165, 1.54) is 17.0 Å². The molecular formula is C31H31F7N6O6. The van der Waals surface area contributed by atoms with Crippen LogP contribution in [0.3, 0.4) is 0 Å². The average molecular weight is 717 g/mol. The molecule has 2 atom stereocenters. The number of nitrogens with zero attached hydrogens (tertiary/aromatic N) is 5. The van der Waals surface area contributed by atoms with E-state index < -0.39 is 53.2 Å². The fourth-order valence-electron chi connectivity index (χ4n) is 4.81. The molecule has 2 N–H and O–H groups in total. The van der Waals surface area contributed by atoms with E-state index in [0.717, 1.165) is 50.1 Å². The summed E-state index contributed by atoms with van der Waals surface area (Å²) in [5, 5.41) is 17.9. The average Bonchev–Trinajstić information content (AvgIpc) is 3.82. The first-order valence-electron chi connectivity index (χ1n) is 15.0. The topological polar surface area (TPSA) is 157 Å². The quantitative estimate of drug-likeness (QED) is 0.207. The molecule has 0 radical (unpaired) electrons. The number of carboxylic acid groups (broad SMARTS) is 1. The first-order chi connectivity index (χ1) is 23.4. The molecule has 4 heterocycles. The van der Waals surface area contributed by atoms with Crippen LogP contribution in [0.2, 0.25) is 0 Å². The van der Waals surface area contributed by atoms with Crippen molar-refractivity contribution in [2.75, 3.05) is 13.1 Å². The molecule has 0 bridgehead atoms. The number of aromatic nitrogens is 4. The van der Waals surface area contributed by atoms with Crippen molar-refractivity contribution in [3.8, 4) is 22.8 Å². The largest absolute Gasteiger partial charge is 0.490 e. The summed E-state index contributed by atoms with van der Waals surface area (Å²) in [6.07, 6.45) is -2.13. The second-order valence-electron chi connectivity index (χ2n) is 12.0. The number of benzene rings is 2. The van der Waals surface area contributed by atoms with Crippen LogP contribution in [-0.4, -0.2) is 67.2 Å². The lowest BCUT2D eigenvalue weighted by atomic mass is 10.2. The summed E-state index contributed by atoms with van der Waals surface area (Å²) in [6, 6.07) is 5.82. The maximum absolute atomic E-state index is 13.4. The van der Waals surface area contributed by atoms with E-state index in [1.54, 1.807) is 20.8 Å². The summed E-state index contributed by atoms with van der Waals surface area (Å²) in [5.41, 5.74) is -0.154. The summed E-state index contributed by atoms with van der Waals surface area (Å²) >= 11 is 0. The standard InChI is InChI=1S/C17H19F2N3O3.C12H11F2N3O.C2HF3O2/c1-17(2,3)24-16(23)22-6-4-5-13(22)15-20-14(21-25-15)10-7-11(18)9-12(19)8-10;13-8-4-7(5-9(14)6-8)11-16-12(18-17-11)10-2-1-3-15-10;3-2(4,5)1(6)7/h7-9,13H,4-6H2,1-3H3;4-6,10,15H,1-3H2;(H,6,7)/t13-;10-;/m00./s1. The van der Waals surface area contributed by atoms with Crippen LogP contribution in [0.5, 0.6) is 0 Å². The highest BCUT2D eigenvalue weighted by Gasteiger charge is 2.38. The maximum atomic E-state index is 13.4. The molecule has 2 fully saturated rings. The molecule has 1 amide bonds. The highest BCUT2D eigenvalue weighted by atomic mass is 19.4. The van der Waals surface area contributed by atoms with Crippen molar-refractivity contribution in [3.63, 3.8) is 0 Å². The smallest absolute Gasteiger partial charge is 0.475 e. The molecule has 19 heteroatoms. The molecule has 2 aliphatic rings. The van der Waals surface area contributed by atoms with Gasteiger partial charge in [0.15, 0.2) is 0 Å². The van der Waals surface area contributed by atoms with Gasteiger partial charge < -0.3 is 24.2 Å². The zero-order chi connectivity index (χ0) is 36.8. The number of carbonyl (C=O) groups is 2. The van der Waals surface area contributed by atoms with Crippen LogP contribution in [0, 0.1) is 23.3 Å². The van der Waals surface area contributed by atoms with Crippen LogP contribution in [0.25, 0.3) is 22.8 Å². The van der Waals surface area contributed by atoms with E-state index in [2.05, 4.69) is 25.6 Å². The predicted octanol–water partition coefficient (Wildman–Crippen LogP) is 7.16. The molecule has 0 spiro atoms. The van der Waals surface area contributed by atoms with Gasteiger partial charge in [-0.25, -0.2) is 27.2 Å². The van der Waals surface area contributed by atoms with Crippen molar-refractivity contribution in [1.82, 2.24) is 30.5 Å². The number of alkyl halides is 3. The summed E-state index contributed by atoms with van der Waals surface area (Å²) in [5.74, 6) is -4.55. The minimum absolute atomic E-state index is 0.0460. The molecule has 6 rings (SSSR count). The summed E-state index contributed by atoms with van der Waals surface area (Å²) in [4.78, 5) is 31.1. The Bertz CT molecular complexity index is 1750. The lowest BCUT2D eigenvalue weighted by Gasteiger charge is -2.26. The van der Waals surface area contributed by atoms with Gasteiger partial charge in [-0.1, -0.05) is 10.3 Å². The van der Waals surface area contributed by atoms with Crippen LogP contribution in [0.15, 0.2) is 45.4 Å². The Morgan fingerprint density at radius 3 is 1.74 bits per heavy atom. The molecule has 2 aliphatic heterocycles. The van der Waals surface area contributed by atoms with Crippen molar-refractivity contribution in [1.29, 1.82) is 0 Å². The first kappa shape index (κ1) is 37.7. The van der Waals surface area contributed by atoms with E-state index in [-0.39, 0.29) is 34.7 Å². The number of ether oxygens (including phenoxy) is 1. The number of nitrogens with one attached hydrogen (secondary N) is 1. The minimum Gasteiger partial charge on any atom is -0.475 e. The number of likely N-dealkylation sites (tertiary alicyclic amines) is 1. The summed E-state index contributed by atoms with van der Waals surface area (Å²) < 4.78 is 100. The number of rotatable bonds is 4. The van der Waals surface area contributed by atoms with Crippen LogP contribution < -0.4 is 5.32 Å². The summed E-state index contributed by atoms with van der Waals surface area (Å²) in [7, 11) is 0. The zero-order valence-electron chi connectivity index (χ0n) is 26.7.